The molecule has 0 unspecified atom stereocenters. The summed E-state index contributed by atoms with van der Waals surface area (Å²) in [6.45, 7) is 1.40. The molecule has 0 amide bonds. The van der Waals surface area contributed by atoms with Crippen LogP contribution in [0.4, 0.5) is 0 Å². The molecular formula is C27H31NO5. The Balaban J connectivity index is 1.46. The molecule has 3 aromatic rings. The monoisotopic (exact) mass is 449 g/mol. The van der Waals surface area contributed by atoms with Gasteiger partial charge in [-0.2, -0.15) is 0 Å². The fourth-order valence-electron chi connectivity index (χ4n) is 3.88. The van der Waals surface area contributed by atoms with Gasteiger partial charge in [-0.1, -0.05) is 91.0 Å². The van der Waals surface area contributed by atoms with Crippen LogP contribution < -0.4 is 5.73 Å². The zero-order valence-corrected chi connectivity index (χ0v) is 18.5. The molecule has 0 aromatic heterocycles. The van der Waals surface area contributed by atoms with Crippen molar-refractivity contribution in [1.29, 1.82) is 0 Å². The van der Waals surface area contributed by atoms with E-state index in [1.165, 1.54) is 0 Å². The predicted octanol–water partition coefficient (Wildman–Crippen LogP) is 3.42. The molecule has 1 aliphatic rings. The molecule has 1 aliphatic heterocycles. The zero-order valence-electron chi connectivity index (χ0n) is 18.5. The second-order valence-electron chi connectivity index (χ2n) is 8.17. The van der Waals surface area contributed by atoms with Crippen LogP contribution in [0.3, 0.4) is 0 Å². The van der Waals surface area contributed by atoms with E-state index in [1.54, 1.807) is 0 Å². The molecular weight excluding hydrogens is 418 g/mol. The number of rotatable bonds is 10. The van der Waals surface area contributed by atoms with Gasteiger partial charge in [-0.05, 0) is 16.7 Å². The Kier molecular flexibility index (Phi) is 8.60. The minimum atomic E-state index is -1.17. The smallest absolute Gasteiger partial charge is 0.173 e. The van der Waals surface area contributed by atoms with E-state index in [2.05, 4.69) is 0 Å². The summed E-state index contributed by atoms with van der Waals surface area (Å²) < 4.78 is 24.2. The van der Waals surface area contributed by atoms with Crippen LogP contribution in [-0.2, 0) is 38.8 Å². The van der Waals surface area contributed by atoms with E-state index in [1.807, 2.05) is 91.0 Å². The summed E-state index contributed by atoms with van der Waals surface area (Å²) in [7, 11) is 0. The quantitative estimate of drug-likeness (QED) is 0.494. The first-order valence-corrected chi connectivity index (χ1v) is 11.2. The lowest BCUT2D eigenvalue weighted by atomic mass is 9.97. The molecule has 0 spiro atoms. The molecule has 0 saturated carbocycles. The first-order chi connectivity index (χ1) is 16.2. The Morgan fingerprint density at radius 1 is 0.667 bits per heavy atom. The van der Waals surface area contributed by atoms with E-state index < -0.39 is 30.6 Å². The van der Waals surface area contributed by atoms with Gasteiger partial charge in [0.1, 0.15) is 18.3 Å². The zero-order chi connectivity index (χ0) is 22.9. The summed E-state index contributed by atoms with van der Waals surface area (Å²) in [6.07, 6.45) is -2.79. The minimum Gasteiger partial charge on any atom is -0.374 e. The summed E-state index contributed by atoms with van der Waals surface area (Å²) in [5.74, 6) is 0. The van der Waals surface area contributed by atoms with Crippen molar-refractivity contribution >= 4 is 0 Å². The number of hydrogen-bond donors (Lipinski definition) is 2. The fraction of sp³-hybridized carbons (Fsp3) is 0.333. The van der Waals surface area contributed by atoms with Gasteiger partial charge in [0, 0.05) is 0 Å². The minimum absolute atomic E-state index is 0.239. The van der Waals surface area contributed by atoms with Crippen LogP contribution in [0.2, 0.25) is 0 Å². The molecule has 6 heteroatoms. The van der Waals surface area contributed by atoms with Crippen molar-refractivity contribution in [2.24, 2.45) is 5.73 Å². The molecule has 174 valence electrons. The van der Waals surface area contributed by atoms with Crippen LogP contribution in [0.5, 0.6) is 0 Å². The number of aliphatic hydroxyl groups is 1. The third-order valence-corrected chi connectivity index (χ3v) is 5.68. The van der Waals surface area contributed by atoms with Crippen molar-refractivity contribution in [3.63, 3.8) is 0 Å². The Bertz CT molecular complexity index is 941. The van der Waals surface area contributed by atoms with Crippen LogP contribution in [-0.4, -0.2) is 42.4 Å². The largest absolute Gasteiger partial charge is 0.374 e. The highest BCUT2D eigenvalue weighted by Gasteiger charge is 2.45. The van der Waals surface area contributed by atoms with E-state index in [9.17, 15) is 5.11 Å². The van der Waals surface area contributed by atoms with E-state index in [0.29, 0.717) is 19.8 Å². The van der Waals surface area contributed by atoms with E-state index >= 15 is 0 Å². The van der Waals surface area contributed by atoms with Gasteiger partial charge in [-0.15, -0.1) is 0 Å². The predicted molar refractivity (Wildman–Crippen MR) is 125 cm³/mol. The average Bonchev–Trinajstić information content (AvgIpc) is 2.86. The van der Waals surface area contributed by atoms with Crippen molar-refractivity contribution in [3.05, 3.63) is 108 Å². The van der Waals surface area contributed by atoms with Gasteiger partial charge in [-0.3, -0.25) is 0 Å². The molecule has 6 nitrogen and oxygen atoms in total. The highest BCUT2D eigenvalue weighted by molar-refractivity contribution is 5.15. The van der Waals surface area contributed by atoms with Gasteiger partial charge in [0.2, 0.25) is 0 Å². The van der Waals surface area contributed by atoms with Gasteiger partial charge in [0.15, 0.2) is 6.29 Å². The third-order valence-electron chi connectivity index (χ3n) is 5.68. The van der Waals surface area contributed by atoms with Gasteiger partial charge in [-0.25, -0.2) is 0 Å². The Hall–Kier alpha value is -2.58. The van der Waals surface area contributed by atoms with Gasteiger partial charge in [0.05, 0.1) is 32.5 Å². The molecule has 1 heterocycles. The Morgan fingerprint density at radius 3 is 1.64 bits per heavy atom. The van der Waals surface area contributed by atoms with Crippen molar-refractivity contribution in [2.45, 2.75) is 50.5 Å². The highest BCUT2D eigenvalue weighted by Crippen LogP contribution is 2.26. The van der Waals surface area contributed by atoms with Gasteiger partial charge in [0.25, 0.3) is 0 Å². The SMILES string of the molecule is N[C@H]1[C@@H](OCc2ccccc2)[C@H](OCc2ccccc2)[C@@H](COCc2ccccc2)O[C@@H]1O. The second kappa shape index (κ2) is 12.0. The normalized spacial score (nSPS) is 25.1. The number of nitrogens with two attached hydrogens (primary N) is 1. The molecule has 1 fully saturated rings. The van der Waals surface area contributed by atoms with Crippen LogP contribution in [0.25, 0.3) is 0 Å². The first kappa shape index (κ1) is 23.6. The van der Waals surface area contributed by atoms with Crippen molar-refractivity contribution in [3.8, 4) is 0 Å². The van der Waals surface area contributed by atoms with Crippen molar-refractivity contribution in [2.75, 3.05) is 6.61 Å². The lowest BCUT2D eigenvalue weighted by Gasteiger charge is -2.43. The lowest BCUT2D eigenvalue weighted by Crippen LogP contribution is -2.63. The molecule has 5 atom stereocenters. The summed E-state index contributed by atoms with van der Waals surface area (Å²) in [4.78, 5) is 0. The highest BCUT2D eigenvalue weighted by atomic mass is 16.7. The first-order valence-electron chi connectivity index (χ1n) is 11.2. The molecule has 4 rings (SSSR count). The molecule has 0 aliphatic carbocycles. The fourth-order valence-corrected chi connectivity index (χ4v) is 3.88. The summed E-state index contributed by atoms with van der Waals surface area (Å²) in [5.41, 5.74) is 9.42. The maximum atomic E-state index is 10.5. The summed E-state index contributed by atoms with van der Waals surface area (Å²) >= 11 is 0. The lowest BCUT2D eigenvalue weighted by molar-refractivity contribution is -0.273. The molecule has 33 heavy (non-hydrogen) atoms. The summed E-state index contributed by atoms with van der Waals surface area (Å²) in [6, 6.07) is 28.9. The van der Waals surface area contributed by atoms with Crippen LogP contribution in [0, 0.1) is 0 Å². The molecule has 1 saturated heterocycles. The van der Waals surface area contributed by atoms with Gasteiger partial charge < -0.3 is 29.8 Å². The van der Waals surface area contributed by atoms with Gasteiger partial charge >= 0.3 is 0 Å². The standard InChI is InChI=1S/C27H31NO5/c28-24-26(32-18-22-14-8-3-9-15-22)25(31-17-21-12-6-2-7-13-21)23(33-27(24)29)19-30-16-20-10-4-1-5-11-20/h1-15,23-27,29H,16-19,28H2/t23-,24+,25-,26-,27+/m1/s1. The number of benzene rings is 3. The molecule has 0 radical (unpaired) electrons. The number of hydrogen-bond acceptors (Lipinski definition) is 6. The molecule has 3 aromatic carbocycles. The third kappa shape index (κ3) is 6.71. The van der Waals surface area contributed by atoms with Crippen LogP contribution >= 0.6 is 0 Å². The Morgan fingerprint density at radius 2 is 1.12 bits per heavy atom. The van der Waals surface area contributed by atoms with Crippen molar-refractivity contribution in [1.82, 2.24) is 0 Å². The van der Waals surface area contributed by atoms with Crippen molar-refractivity contribution < 1.29 is 24.1 Å². The number of ether oxygens (including phenoxy) is 4. The average molecular weight is 450 g/mol. The molecule has 0 bridgehead atoms. The van der Waals surface area contributed by atoms with Crippen LogP contribution in [0.15, 0.2) is 91.0 Å². The van der Waals surface area contributed by atoms with E-state index in [0.717, 1.165) is 16.7 Å². The molecule has 3 N–H and O–H groups in total. The summed E-state index contributed by atoms with van der Waals surface area (Å²) in [5, 5.41) is 10.5. The number of aliphatic hydroxyl groups excluding tert-OH is 1. The maximum Gasteiger partial charge on any atom is 0.173 e. The second-order valence-corrected chi connectivity index (χ2v) is 8.17. The van der Waals surface area contributed by atoms with Crippen LogP contribution in [0.1, 0.15) is 16.7 Å². The topological polar surface area (TPSA) is 83.2 Å². The maximum absolute atomic E-state index is 10.5. The Labute approximate surface area is 194 Å². The van der Waals surface area contributed by atoms with E-state index in [4.69, 9.17) is 24.7 Å². The van der Waals surface area contributed by atoms with E-state index in [-0.39, 0.29) is 6.61 Å².